The van der Waals surface area contributed by atoms with Gasteiger partial charge in [-0.2, -0.15) is 5.26 Å². The van der Waals surface area contributed by atoms with Crippen molar-refractivity contribution in [1.82, 2.24) is 0 Å². The van der Waals surface area contributed by atoms with Crippen molar-refractivity contribution in [2.45, 2.75) is 19.3 Å². The zero-order chi connectivity index (χ0) is 14.9. The molecule has 0 atom stereocenters. The maximum Gasteiger partial charge on any atom is 0.259 e. The molecule has 0 saturated heterocycles. The highest BCUT2D eigenvalue weighted by Gasteiger charge is 2.37. The molecule has 1 aromatic rings. The number of allylic oxidation sites excluding steroid dienone is 3. The number of carbonyl (C=O) groups is 1. The van der Waals surface area contributed by atoms with Crippen molar-refractivity contribution in [2.24, 2.45) is 5.73 Å². The van der Waals surface area contributed by atoms with Crippen molar-refractivity contribution in [2.75, 3.05) is 11.9 Å². The van der Waals surface area contributed by atoms with E-state index in [4.69, 9.17) is 11.0 Å². The molecule has 0 unspecified atom stereocenters. The lowest BCUT2D eigenvalue weighted by molar-refractivity contribution is -0.114. The van der Waals surface area contributed by atoms with E-state index in [0.717, 1.165) is 11.4 Å². The Kier molecular flexibility index (Phi) is 3.37. The van der Waals surface area contributed by atoms with Crippen LogP contribution >= 0.6 is 0 Å². The molecule has 4 heteroatoms. The molecule has 1 amide bonds. The van der Waals surface area contributed by atoms with Gasteiger partial charge in [-0.25, -0.2) is 0 Å². The van der Waals surface area contributed by atoms with Gasteiger partial charge in [0.1, 0.15) is 11.6 Å². The van der Waals surface area contributed by atoms with E-state index in [-0.39, 0.29) is 11.0 Å². The molecule has 2 N–H and O–H groups in total. The summed E-state index contributed by atoms with van der Waals surface area (Å²) < 4.78 is 0. The van der Waals surface area contributed by atoms with Gasteiger partial charge in [0.15, 0.2) is 0 Å². The van der Waals surface area contributed by atoms with Gasteiger partial charge in [-0.15, -0.1) is 0 Å². The van der Waals surface area contributed by atoms with E-state index in [9.17, 15) is 4.79 Å². The number of nitrogens with two attached hydrogens (primary N) is 1. The van der Waals surface area contributed by atoms with Gasteiger partial charge in [0.05, 0.1) is 0 Å². The highest BCUT2D eigenvalue weighted by Crippen LogP contribution is 2.46. The van der Waals surface area contributed by atoms with Crippen LogP contribution in [0.15, 0.2) is 47.7 Å². The molecule has 20 heavy (non-hydrogen) atoms. The van der Waals surface area contributed by atoms with E-state index in [2.05, 4.69) is 30.9 Å². The van der Waals surface area contributed by atoms with E-state index in [1.54, 1.807) is 6.08 Å². The van der Waals surface area contributed by atoms with Crippen LogP contribution in [0, 0.1) is 11.3 Å². The van der Waals surface area contributed by atoms with Gasteiger partial charge in [0.25, 0.3) is 5.91 Å². The second-order valence-electron chi connectivity index (χ2n) is 5.31. The van der Waals surface area contributed by atoms with Gasteiger partial charge in [0.2, 0.25) is 0 Å². The first-order chi connectivity index (χ1) is 9.39. The molecule has 0 bridgehead atoms. The number of hydrogen-bond acceptors (Lipinski definition) is 3. The number of rotatable bonds is 2. The number of primary amides is 1. The molecule has 2 rings (SSSR count). The minimum atomic E-state index is -0.708. The lowest BCUT2D eigenvalue weighted by atomic mass is 9.83. The molecule has 102 valence electrons. The fourth-order valence-corrected chi connectivity index (χ4v) is 2.64. The smallest absolute Gasteiger partial charge is 0.259 e. The quantitative estimate of drug-likeness (QED) is 0.660. The first kappa shape index (κ1) is 13.9. The number of benzene rings is 1. The zero-order valence-corrected chi connectivity index (χ0v) is 11.8. The Morgan fingerprint density at radius 2 is 2.05 bits per heavy atom. The zero-order valence-electron chi connectivity index (χ0n) is 11.8. The largest absolute Gasteiger partial charge is 0.365 e. The van der Waals surface area contributed by atoms with Crippen LogP contribution in [0.1, 0.15) is 19.4 Å². The molecule has 1 aliphatic heterocycles. The highest BCUT2D eigenvalue weighted by atomic mass is 16.1. The molecular formula is C16H17N3O. The summed E-state index contributed by atoms with van der Waals surface area (Å²) in [6, 6.07) is 9.97. The predicted octanol–water partition coefficient (Wildman–Crippen LogP) is 2.23. The Bertz CT molecular complexity index is 663. The fraction of sp³-hybridized carbons (Fsp3) is 0.250. The highest BCUT2D eigenvalue weighted by molar-refractivity contribution is 5.96. The maximum absolute atomic E-state index is 11.1. The number of fused-ring (bicyclic) bond motifs is 1. The van der Waals surface area contributed by atoms with Crippen LogP contribution in [-0.4, -0.2) is 13.0 Å². The lowest BCUT2D eigenvalue weighted by Gasteiger charge is -2.23. The predicted molar refractivity (Wildman–Crippen MR) is 78.8 cm³/mol. The van der Waals surface area contributed by atoms with Crippen LogP contribution in [0.2, 0.25) is 0 Å². The summed E-state index contributed by atoms with van der Waals surface area (Å²) in [7, 11) is 1.98. The molecule has 4 nitrogen and oxygen atoms in total. The monoisotopic (exact) mass is 267 g/mol. The topological polar surface area (TPSA) is 70.1 Å². The summed E-state index contributed by atoms with van der Waals surface area (Å²) in [6.07, 6.45) is 3.28. The van der Waals surface area contributed by atoms with Crippen LogP contribution < -0.4 is 10.6 Å². The van der Waals surface area contributed by atoms with E-state index in [1.807, 2.05) is 25.2 Å². The average Bonchev–Trinajstić information content (AvgIpc) is 2.60. The van der Waals surface area contributed by atoms with Crippen LogP contribution in [0.25, 0.3) is 0 Å². The Morgan fingerprint density at radius 1 is 1.40 bits per heavy atom. The van der Waals surface area contributed by atoms with Gasteiger partial charge in [-0.1, -0.05) is 32.0 Å². The number of amides is 1. The molecule has 0 aromatic heterocycles. The van der Waals surface area contributed by atoms with Crippen LogP contribution in [-0.2, 0) is 10.2 Å². The van der Waals surface area contributed by atoms with E-state index in [1.165, 1.54) is 11.6 Å². The van der Waals surface area contributed by atoms with Gasteiger partial charge in [-0.05, 0) is 23.8 Å². The normalized spacial score (nSPS) is 18.8. The molecule has 0 spiro atoms. The summed E-state index contributed by atoms with van der Waals surface area (Å²) in [5.41, 5.74) is 8.30. The second-order valence-corrected chi connectivity index (χ2v) is 5.31. The molecular weight excluding hydrogens is 250 g/mol. The average molecular weight is 267 g/mol. The van der Waals surface area contributed by atoms with Crippen molar-refractivity contribution >= 4 is 11.6 Å². The third kappa shape index (κ3) is 2.08. The van der Waals surface area contributed by atoms with Crippen molar-refractivity contribution in [3.05, 3.63) is 53.3 Å². The van der Waals surface area contributed by atoms with Crippen LogP contribution in [0.3, 0.4) is 0 Å². The van der Waals surface area contributed by atoms with Gasteiger partial charge < -0.3 is 10.6 Å². The Labute approximate surface area is 118 Å². The number of anilines is 1. The molecule has 0 saturated carbocycles. The van der Waals surface area contributed by atoms with Crippen molar-refractivity contribution in [3.8, 4) is 6.07 Å². The van der Waals surface area contributed by atoms with Crippen LogP contribution in [0.5, 0.6) is 0 Å². The molecule has 1 heterocycles. The van der Waals surface area contributed by atoms with E-state index < -0.39 is 5.91 Å². The minimum absolute atomic E-state index is 0.0438. The van der Waals surface area contributed by atoms with Gasteiger partial charge >= 0.3 is 0 Å². The van der Waals surface area contributed by atoms with Gasteiger partial charge in [0, 0.05) is 23.8 Å². The van der Waals surface area contributed by atoms with E-state index >= 15 is 0 Å². The number of likely N-dealkylation sites (N-methyl/N-ethyl adjacent to an activating group) is 1. The minimum Gasteiger partial charge on any atom is -0.365 e. The Hall–Kier alpha value is -2.54. The number of carbonyl (C=O) groups excluding carboxylic acids is 1. The Balaban J connectivity index is 2.51. The standard InChI is InChI=1S/C16H17N3O/c1-16(2)12-6-4-5-7-13(12)19(3)14(16)9-8-11(10-17)15(18)20/h4-9H,1-3H3,(H2,18,20)/b11-8+,14-9+. The van der Waals surface area contributed by atoms with Crippen molar-refractivity contribution in [1.29, 1.82) is 5.26 Å². The first-order valence-electron chi connectivity index (χ1n) is 6.35. The van der Waals surface area contributed by atoms with Gasteiger partial charge in [-0.3, -0.25) is 4.79 Å². The van der Waals surface area contributed by atoms with Crippen molar-refractivity contribution < 1.29 is 4.79 Å². The molecule has 0 fully saturated rings. The number of nitrogens with zero attached hydrogens (tertiary/aromatic N) is 2. The van der Waals surface area contributed by atoms with Crippen LogP contribution in [0.4, 0.5) is 5.69 Å². The summed E-state index contributed by atoms with van der Waals surface area (Å²) in [4.78, 5) is 13.2. The second kappa shape index (κ2) is 4.86. The Morgan fingerprint density at radius 3 is 2.60 bits per heavy atom. The SMILES string of the molecule is CN1/C(=C/C=C(\C#N)C(N)=O)C(C)(C)c2ccccc21. The number of hydrogen-bond donors (Lipinski definition) is 1. The number of para-hydroxylation sites is 1. The van der Waals surface area contributed by atoms with Crippen molar-refractivity contribution in [3.63, 3.8) is 0 Å². The summed E-state index contributed by atoms with van der Waals surface area (Å²) in [5, 5.41) is 8.88. The molecule has 0 aliphatic carbocycles. The first-order valence-corrected chi connectivity index (χ1v) is 6.35. The summed E-state index contributed by atoms with van der Waals surface area (Å²) >= 11 is 0. The molecule has 1 aromatic carbocycles. The number of nitriles is 1. The third-order valence-electron chi connectivity index (χ3n) is 3.73. The molecule has 0 radical (unpaired) electrons. The third-order valence-corrected chi connectivity index (χ3v) is 3.73. The lowest BCUT2D eigenvalue weighted by Crippen LogP contribution is -2.22. The fourth-order valence-electron chi connectivity index (χ4n) is 2.64. The van der Waals surface area contributed by atoms with E-state index in [0.29, 0.717) is 0 Å². The summed E-state index contributed by atoms with van der Waals surface area (Å²) in [5.74, 6) is -0.708. The summed E-state index contributed by atoms with van der Waals surface area (Å²) in [6.45, 7) is 4.23. The molecule has 1 aliphatic rings. The maximum atomic E-state index is 11.1.